The maximum Gasteiger partial charge on any atom is 0.335 e. The van der Waals surface area contributed by atoms with Crippen molar-refractivity contribution < 1.29 is 15.0 Å². The van der Waals surface area contributed by atoms with Gasteiger partial charge in [-0.25, -0.2) is 9.78 Å². The number of piperidine rings is 1. The highest BCUT2D eigenvalue weighted by molar-refractivity contribution is 5.88. The van der Waals surface area contributed by atoms with E-state index in [1.165, 1.54) is 0 Å². The molecule has 5 heteroatoms. The second-order valence-corrected chi connectivity index (χ2v) is 6.18. The molecule has 1 aromatic rings. The summed E-state index contributed by atoms with van der Waals surface area (Å²) >= 11 is 0. The molecule has 0 saturated carbocycles. The number of hydrogen-bond donors (Lipinski definition) is 2. The molecule has 21 heavy (non-hydrogen) atoms. The Balaban J connectivity index is 1.96. The van der Waals surface area contributed by atoms with E-state index in [0.29, 0.717) is 17.6 Å². The van der Waals surface area contributed by atoms with Gasteiger partial charge in [-0.1, -0.05) is 13.3 Å². The lowest BCUT2D eigenvalue weighted by atomic mass is 9.99. The Kier molecular flexibility index (Phi) is 3.85. The number of aliphatic hydroxyl groups excluding tert-OH is 1. The van der Waals surface area contributed by atoms with E-state index in [1.807, 2.05) is 0 Å². The lowest BCUT2D eigenvalue weighted by Gasteiger charge is -2.38. The number of carboxylic acid groups (broad SMARTS) is 1. The molecule has 2 saturated heterocycles. The van der Waals surface area contributed by atoms with Gasteiger partial charge in [-0.05, 0) is 44.2 Å². The summed E-state index contributed by atoms with van der Waals surface area (Å²) in [6.45, 7) is 2.07. The number of carboxylic acids is 1. The maximum atomic E-state index is 11.3. The van der Waals surface area contributed by atoms with Crippen LogP contribution in [-0.2, 0) is 6.42 Å². The number of rotatable bonds is 4. The molecule has 0 aliphatic carbocycles. The van der Waals surface area contributed by atoms with Crippen LogP contribution in [0.15, 0.2) is 12.1 Å². The number of aryl methyl sites for hydroxylation is 1. The Hall–Kier alpha value is -1.62. The average Bonchev–Trinajstić information content (AvgIpc) is 2.71. The van der Waals surface area contributed by atoms with Crippen LogP contribution in [0.5, 0.6) is 0 Å². The molecule has 0 spiro atoms. The summed E-state index contributed by atoms with van der Waals surface area (Å²) in [4.78, 5) is 18.3. The topological polar surface area (TPSA) is 73.7 Å². The Bertz CT molecular complexity index is 532. The summed E-state index contributed by atoms with van der Waals surface area (Å²) in [5.41, 5.74) is 1.16. The number of anilines is 1. The van der Waals surface area contributed by atoms with Crippen LogP contribution in [0.3, 0.4) is 0 Å². The molecule has 2 bridgehead atoms. The summed E-state index contributed by atoms with van der Waals surface area (Å²) < 4.78 is 0. The quantitative estimate of drug-likeness (QED) is 0.889. The fourth-order valence-corrected chi connectivity index (χ4v) is 3.73. The van der Waals surface area contributed by atoms with Gasteiger partial charge in [-0.15, -0.1) is 0 Å². The molecule has 2 aliphatic rings. The number of aromatic carboxylic acids is 1. The van der Waals surface area contributed by atoms with Gasteiger partial charge in [0.1, 0.15) is 5.82 Å². The minimum absolute atomic E-state index is 0.225. The van der Waals surface area contributed by atoms with Gasteiger partial charge < -0.3 is 15.1 Å². The van der Waals surface area contributed by atoms with Crippen LogP contribution >= 0.6 is 0 Å². The third-order valence-corrected chi connectivity index (χ3v) is 4.59. The van der Waals surface area contributed by atoms with E-state index < -0.39 is 5.97 Å². The van der Waals surface area contributed by atoms with E-state index in [4.69, 9.17) is 0 Å². The lowest BCUT2D eigenvalue weighted by molar-refractivity contribution is 0.0696. The molecule has 0 amide bonds. The zero-order valence-corrected chi connectivity index (χ0v) is 12.3. The van der Waals surface area contributed by atoms with Crippen LogP contribution in [0, 0.1) is 0 Å². The zero-order valence-electron chi connectivity index (χ0n) is 12.3. The highest BCUT2D eigenvalue weighted by Gasteiger charge is 2.41. The van der Waals surface area contributed by atoms with E-state index in [2.05, 4.69) is 16.8 Å². The van der Waals surface area contributed by atoms with Gasteiger partial charge in [-0.3, -0.25) is 0 Å². The third kappa shape index (κ3) is 2.75. The van der Waals surface area contributed by atoms with Crippen molar-refractivity contribution in [3.63, 3.8) is 0 Å². The molecule has 5 nitrogen and oxygen atoms in total. The van der Waals surface area contributed by atoms with Crippen molar-refractivity contribution in [2.45, 2.75) is 63.6 Å². The van der Waals surface area contributed by atoms with Crippen LogP contribution < -0.4 is 4.90 Å². The fourth-order valence-electron chi connectivity index (χ4n) is 3.73. The second kappa shape index (κ2) is 5.64. The number of aliphatic hydroxyl groups is 1. The Morgan fingerprint density at radius 3 is 2.57 bits per heavy atom. The van der Waals surface area contributed by atoms with Crippen LogP contribution in [0.1, 0.15) is 55.1 Å². The molecule has 2 unspecified atom stereocenters. The predicted molar refractivity (Wildman–Crippen MR) is 79.7 cm³/mol. The van der Waals surface area contributed by atoms with Crippen LogP contribution in [0.4, 0.5) is 5.82 Å². The monoisotopic (exact) mass is 290 g/mol. The summed E-state index contributed by atoms with van der Waals surface area (Å²) in [7, 11) is 0. The molecule has 2 fully saturated rings. The summed E-state index contributed by atoms with van der Waals surface area (Å²) in [5, 5.41) is 19.2. The predicted octanol–water partition coefficient (Wildman–Crippen LogP) is 2.22. The van der Waals surface area contributed by atoms with Crippen molar-refractivity contribution in [2.75, 3.05) is 4.90 Å². The Morgan fingerprint density at radius 2 is 2.00 bits per heavy atom. The molecule has 3 heterocycles. The molecule has 2 atom stereocenters. The molecule has 3 rings (SSSR count). The number of fused-ring (bicyclic) bond motifs is 2. The highest BCUT2D eigenvalue weighted by atomic mass is 16.4. The first-order chi connectivity index (χ1) is 10.1. The van der Waals surface area contributed by atoms with Crippen molar-refractivity contribution in [1.29, 1.82) is 0 Å². The van der Waals surface area contributed by atoms with Crippen molar-refractivity contribution in [1.82, 2.24) is 4.98 Å². The van der Waals surface area contributed by atoms with Crippen molar-refractivity contribution in [3.8, 4) is 0 Å². The van der Waals surface area contributed by atoms with Gasteiger partial charge in [0.05, 0.1) is 11.7 Å². The van der Waals surface area contributed by atoms with Gasteiger partial charge in [0.15, 0.2) is 0 Å². The first-order valence-electron chi connectivity index (χ1n) is 7.79. The summed E-state index contributed by atoms with van der Waals surface area (Å²) in [5.74, 6) is -0.127. The van der Waals surface area contributed by atoms with Crippen LogP contribution in [-0.4, -0.2) is 39.4 Å². The Morgan fingerprint density at radius 1 is 1.33 bits per heavy atom. The Labute approximate surface area is 124 Å². The van der Waals surface area contributed by atoms with E-state index in [0.717, 1.165) is 50.0 Å². The van der Waals surface area contributed by atoms with E-state index in [-0.39, 0.29) is 6.10 Å². The van der Waals surface area contributed by atoms with E-state index >= 15 is 0 Å². The normalized spacial score (nSPS) is 27.9. The van der Waals surface area contributed by atoms with Gasteiger partial charge in [0.25, 0.3) is 0 Å². The molecule has 2 aliphatic heterocycles. The minimum atomic E-state index is -0.902. The fraction of sp³-hybridized carbons (Fsp3) is 0.625. The van der Waals surface area contributed by atoms with Gasteiger partial charge in [-0.2, -0.15) is 0 Å². The third-order valence-electron chi connectivity index (χ3n) is 4.59. The van der Waals surface area contributed by atoms with Crippen molar-refractivity contribution in [3.05, 3.63) is 23.4 Å². The number of nitrogens with zero attached hydrogens (tertiary/aromatic N) is 2. The molecule has 114 valence electrons. The minimum Gasteiger partial charge on any atom is -0.478 e. The first-order valence-corrected chi connectivity index (χ1v) is 7.79. The highest BCUT2D eigenvalue weighted by Crippen LogP contribution is 2.38. The second-order valence-electron chi connectivity index (χ2n) is 6.18. The van der Waals surface area contributed by atoms with Gasteiger partial charge in [0.2, 0.25) is 0 Å². The van der Waals surface area contributed by atoms with E-state index in [1.54, 1.807) is 12.1 Å². The maximum absolute atomic E-state index is 11.3. The number of aromatic nitrogens is 1. The first kappa shape index (κ1) is 14.3. The number of carbonyl (C=O) groups is 1. The molecular formula is C16H22N2O3. The average molecular weight is 290 g/mol. The smallest absolute Gasteiger partial charge is 0.335 e. The van der Waals surface area contributed by atoms with Crippen LogP contribution in [0.2, 0.25) is 0 Å². The molecule has 1 aromatic heterocycles. The van der Waals surface area contributed by atoms with E-state index in [9.17, 15) is 15.0 Å². The van der Waals surface area contributed by atoms with Crippen molar-refractivity contribution >= 4 is 11.8 Å². The summed E-state index contributed by atoms with van der Waals surface area (Å²) in [6.07, 6.45) is 5.16. The lowest BCUT2D eigenvalue weighted by Crippen LogP contribution is -2.45. The van der Waals surface area contributed by atoms with Gasteiger partial charge in [0, 0.05) is 17.8 Å². The summed E-state index contributed by atoms with van der Waals surface area (Å²) in [6, 6.07) is 3.95. The molecule has 0 aromatic carbocycles. The largest absolute Gasteiger partial charge is 0.478 e. The van der Waals surface area contributed by atoms with Crippen molar-refractivity contribution in [2.24, 2.45) is 0 Å². The molecular weight excluding hydrogens is 268 g/mol. The zero-order chi connectivity index (χ0) is 15.0. The molecule has 2 N–H and O–H groups in total. The van der Waals surface area contributed by atoms with Crippen LogP contribution in [0.25, 0.3) is 0 Å². The number of pyridine rings is 1. The van der Waals surface area contributed by atoms with Gasteiger partial charge >= 0.3 is 5.97 Å². The standard InChI is InChI=1S/C16H22N2O3/c1-2-3-11-6-10(16(20)21)7-15(17-11)18-12-4-5-13(18)9-14(19)8-12/h6-7,12-14,19H,2-5,8-9H2,1H3,(H,20,21). The molecule has 0 radical (unpaired) electrons. The SMILES string of the molecule is CCCc1cc(C(=O)O)cc(N2C3CCC2CC(O)C3)n1. The number of hydrogen-bond acceptors (Lipinski definition) is 4.